The van der Waals surface area contributed by atoms with Crippen LogP contribution in [-0.2, 0) is 6.54 Å². The van der Waals surface area contributed by atoms with Gasteiger partial charge < -0.3 is 10.5 Å². The van der Waals surface area contributed by atoms with Crippen molar-refractivity contribution in [3.63, 3.8) is 0 Å². The van der Waals surface area contributed by atoms with Crippen molar-refractivity contribution in [2.75, 3.05) is 18.5 Å². The lowest BCUT2D eigenvalue weighted by atomic mass is 10.1. The number of fused-ring (bicyclic) bond motifs is 1. The first-order valence-electron chi connectivity index (χ1n) is 6.52. The zero-order chi connectivity index (χ0) is 13.2. The van der Waals surface area contributed by atoms with Crippen LogP contribution in [0.4, 0.5) is 5.82 Å². The number of para-hydroxylation sites is 1. The zero-order valence-corrected chi connectivity index (χ0v) is 10.7. The molecule has 1 aliphatic rings. The van der Waals surface area contributed by atoms with Crippen LogP contribution in [0.2, 0.25) is 0 Å². The fourth-order valence-corrected chi connectivity index (χ4v) is 2.60. The minimum absolute atomic E-state index is 0.206. The van der Waals surface area contributed by atoms with Crippen molar-refractivity contribution in [3.05, 3.63) is 35.9 Å². The Morgan fingerprint density at radius 3 is 3.00 bits per heavy atom. The highest BCUT2D eigenvalue weighted by molar-refractivity contribution is 5.81. The Morgan fingerprint density at radius 1 is 1.42 bits per heavy atom. The summed E-state index contributed by atoms with van der Waals surface area (Å²) in [5.41, 5.74) is 4.67. The summed E-state index contributed by atoms with van der Waals surface area (Å²) >= 11 is 0. The van der Waals surface area contributed by atoms with E-state index in [0.29, 0.717) is 5.82 Å². The molecule has 3 rings (SSSR count). The molecule has 0 amide bonds. The number of hydrogen-bond donors (Lipinski definition) is 3. The van der Waals surface area contributed by atoms with E-state index < -0.39 is 0 Å². The molecule has 0 aliphatic carbocycles. The maximum absolute atomic E-state index is 9.58. The molecule has 1 fully saturated rings. The van der Waals surface area contributed by atoms with E-state index >= 15 is 0 Å². The fourth-order valence-electron chi connectivity index (χ4n) is 2.60. The molecular weight excluding hydrogens is 240 g/mol. The highest BCUT2D eigenvalue weighted by Gasteiger charge is 2.21. The second-order valence-corrected chi connectivity index (χ2v) is 5.01. The summed E-state index contributed by atoms with van der Waals surface area (Å²) in [5.74, 6) is 6.27. The maximum Gasteiger partial charge on any atom is 0.145 e. The fraction of sp³-hybridized carbons (Fsp3) is 0.357. The van der Waals surface area contributed by atoms with Crippen molar-refractivity contribution in [2.45, 2.75) is 19.1 Å². The van der Waals surface area contributed by atoms with Crippen LogP contribution in [0.25, 0.3) is 10.9 Å². The molecule has 1 aliphatic heterocycles. The van der Waals surface area contributed by atoms with Gasteiger partial charge in [0, 0.05) is 30.6 Å². The summed E-state index contributed by atoms with van der Waals surface area (Å²) in [7, 11) is 0. The van der Waals surface area contributed by atoms with Gasteiger partial charge in [0.05, 0.1) is 11.6 Å². The lowest BCUT2D eigenvalue weighted by Crippen LogP contribution is -2.23. The molecule has 1 atom stereocenters. The quantitative estimate of drug-likeness (QED) is 0.567. The molecule has 4 N–H and O–H groups in total. The minimum atomic E-state index is -0.206. The van der Waals surface area contributed by atoms with Gasteiger partial charge in [-0.25, -0.2) is 10.8 Å². The number of likely N-dealkylation sites (tertiary alicyclic amines) is 1. The monoisotopic (exact) mass is 258 g/mol. The van der Waals surface area contributed by atoms with Crippen molar-refractivity contribution in [2.24, 2.45) is 5.84 Å². The molecule has 2 heterocycles. The number of nitrogen functional groups attached to an aromatic ring is 1. The molecule has 1 saturated heterocycles. The van der Waals surface area contributed by atoms with Gasteiger partial charge in [-0.1, -0.05) is 18.2 Å². The van der Waals surface area contributed by atoms with Crippen LogP contribution in [0.3, 0.4) is 0 Å². The predicted octanol–water partition coefficient (Wildman–Crippen LogP) is 1.09. The van der Waals surface area contributed by atoms with Gasteiger partial charge in [-0.2, -0.15) is 0 Å². The molecule has 1 aromatic heterocycles. The molecule has 0 spiro atoms. The Hall–Kier alpha value is -1.69. The number of anilines is 1. The Labute approximate surface area is 112 Å². The summed E-state index contributed by atoms with van der Waals surface area (Å²) in [6.07, 6.45) is 0.634. The number of nitrogens with two attached hydrogens (primary N) is 1. The van der Waals surface area contributed by atoms with Crippen molar-refractivity contribution < 1.29 is 5.11 Å². The van der Waals surface area contributed by atoms with Crippen LogP contribution < -0.4 is 11.3 Å². The number of pyridine rings is 1. The van der Waals surface area contributed by atoms with E-state index in [4.69, 9.17) is 5.84 Å². The summed E-state index contributed by atoms with van der Waals surface area (Å²) in [5, 5.41) is 10.7. The third-order valence-corrected chi connectivity index (χ3v) is 3.58. The van der Waals surface area contributed by atoms with Crippen molar-refractivity contribution in [1.82, 2.24) is 9.88 Å². The molecule has 5 heteroatoms. The zero-order valence-electron chi connectivity index (χ0n) is 10.7. The number of nitrogens with one attached hydrogen (secondary N) is 1. The smallest absolute Gasteiger partial charge is 0.145 e. The number of hydrogen-bond acceptors (Lipinski definition) is 5. The van der Waals surface area contributed by atoms with Crippen molar-refractivity contribution >= 4 is 16.7 Å². The normalized spacial score (nSPS) is 20.0. The summed E-state index contributed by atoms with van der Waals surface area (Å²) in [6.45, 7) is 2.39. The number of benzene rings is 1. The van der Waals surface area contributed by atoms with E-state index in [1.165, 1.54) is 0 Å². The topological polar surface area (TPSA) is 74.4 Å². The molecule has 0 bridgehead atoms. The van der Waals surface area contributed by atoms with Gasteiger partial charge in [0.25, 0.3) is 0 Å². The SMILES string of the molecule is NNc1nc2ccccc2cc1CN1CCC(O)C1. The molecular formula is C14H18N4O. The van der Waals surface area contributed by atoms with E-state index in [0.717, 1.165) is 42.5 Å². The average Bonchev–Trinajstić information content (AvgIpc) is 2.83. The average molecular weight is 258 g/mol. The summed E-state index contributed by atoms with van der Waals surface area (Å²) in [4.78, 5) is 6.75. The Bertz CT molecular complexity index is 587. The largest absolute Gasteiger partial charge is 0.392 e. The van der Waals surface area contributed by atoms with Crippen LogP contribution in [0.5, 0.6) is 0 Å². The van der Waals surface area contributed by atoms with E-state index in [2.05, 4.69) is 21.4 Å². The second kappa shape index (κ2) is 5.13. The maximum atomic E-state index is 9.58. The molecule has 0 radical (unpaired) electrons. The number of aromatic nitrogens is 1. The molecule has 0 saturated carbocycles. The van der Waals surface area contributed by atoms with Crippen LogP contribution in [-0.4, -0.2) is 34.2 Å². The minimum Gasteiger partial charge on any atom is -0.392 e. The Kier molecular flexibility index (Phi) is 3.33. The first-order chi connectivity index (χ1) is 9.26. The van der Waals surface area contributed by atoms with Gasteiger partial charge in [0.15, 0.2) is 0 Å². The first kappa shape index (κ1) is 12.3. The number of β-amino-alcohol motifs (C(OH)–C–C–N with tert-alkyl or cyclic N) is 1. The molecule has 19 heavy (non-hydrogen) atoms. The van der Waals surface area contributed by atoms with Gasteiger partial charge in [-0.15, -0.1) is 0 Å². The highest BCUT2D eigenvalue weighted by Crippen LogP contribution is 2.22. The lowest BCUT2D eigenvalue weighted by Gasteiger charge is -2.17. The molecule has 100 valence electrons. The Balaban J connectivity index is 1.92. The van der Waals surface area contributed by atoms with Gasteiger partial charge in [0.1, 0.15) is 5.82 Å². The van der Waals surface area contributed by atoms with E-state index in [1.54, 1.807) is 0 Å². The van der Waals surface area contributed by atoms with Crippen LogP contribution in [0.15, 0.2) is 30.3 Å². The van der Waals surface area contributed by atoms with Gasteiger partial charge in [-0.3, -0.25) is 4.90 Å². The van der Waals surface area contributed by atoms with Crippen molar-refractivity contribution in [1.29, 1.82) is 0 Å². The van der Waals surface area contributed by atoms with Gasteiger partial charge in [0.2, 0.25) is 0 Å². The number of hydrazine groups is 1. The van der Waals surface area contributed by atoms with Crippen LogP contribution in [0.1, 0.15) is 12.0 Å². The van der Waals surface area contributed by atoms with Crippen molar-refractivity contribution in [3.8, 4) is 0 Å². The number of aliphatic hydroxyl groups excluding tert-OH is 1. The standard InChI is InChI=1S/C14H18N4O/c15-17-14-11(8-18-6-5-12(19)9-18)7-10-3-1-2-4-13(10)16-14/h1-4,7,12,19H,5-6,8-9,15H2,(H,16,17). The van der Waals surface area contributed by atoms with E-state index in [-0.39, 0.29) is 6.10 Å². The van der Waals surface area contributed by atoms with Crippen LogP contribution >= 0.6 is 0 Å². The summed E-state index contributed by atoms with van der Waals surface area (Å²) < 4.78 is 0. The van der Waals surface area contributed by atoms with E-state index in [9.17, 15) is 5.11 Å². The Morgan fingerprint density at radius 2 is 2.26 bits per heavy atom. The summed E-state index contributed by atoms with van der Waals surface area (Å²) in [6, 6.07) is 10.1. The lowest BCUT2D eigenvalue weighted by molar-refractivity contribution is 0.175. The van der Waals surface area contributed by atoms with Crippen LogP contribution in [0, 0.1) is 0 Å². The third-order valence-electron chi connectivity index (χ3n) is 3.58. The molecule has 5 nitrogen and oxygen atoms in total. The predicted molar refractivity (Wildman–Crippen MR) is 75.5 cm³/mol. The third kappa shape index (κ3) is 2.53. The number of aliphatic hydroxyl groups is 1. The van der Waals surface area contributed by atoms with Gasteiger partial charge >= 0.3 is 0 Å². The van der Waals surface area contributed by atoms with E-state index in [1.807, 2.05) is 24.3 Å². The molecule has 1 unspecified atom stereocenters. The number of nitrogens with zero attached hydrogens (tertiary/aromatic N) is 2. The molecule has 2 aromatic rings. The second-order valence-electron chi connectivity index (χ2n) is 5.01. The first-order valence-corrected chi connectivity index (χ1v) is 6.52. The molecule has 1 aromatic carbocycles. The highest BCUT2D eigenvalue weighted by atomic mass is 16.3. The van der Waals surface area contributed by atoms with Gasteiger partial charge in [-0.05, 0) is 18.6 Å². The number of rotatable bonds is 3.